The third-order valence-electron chi connectivity index (χ3n) is 5.26. The van der Waals surface area contributed by atoms with E-state index in [0.717, 1.165) is 5.56 Å². The van der Waals surface area contributed by atoms with Crippen LogP contribution in [0.2, 0.25) is 0 Å². The van der Waals surface area contributed by atoms with Gasteiger partial charge in [-0.15, -0.1) is 0 Å². The zero-order valence-corrected chi connectivity index (χ0v) is 19.2. The van der Waals surface area contributed by atoms with E-state index in [1.54, 1.807) is 19.1 Å². The molecule has 12 nitrogen and oxygen atoms in total. The number of nitrogens with one attached hydrogen (secondary N) is 3. The molecular formula is C22H33N5O7. The van der Waals surface area contributed by atoms with Gasteiger partial charge in [-0.25, -0.2) is 4.79 Å². The number of carboxylic acid groups (broad SMARTS) is 1. The van der Waals surface area contributed by atoms with E-state index in [4.69, 9.17) is 16.6 Å². The number of phenols is 1. The molecule has 0 heterocycles. The lowest BCUT2D eigenvalue weighted by Gasteiger charge is -2.25. The number of carbonyl (C=O) groups is 5. The second-order valence-electron chi connectivity index (χ2n) is 8.03. The summed E-state index contributed by atoms with van der Waals surface area (Å²) in [7, 11) is 0. The number of carbonyl (C=O) groups excluding carboxylic acids is 4. The summed E-state index contributed by atoms with van der Waals surface area (Å²) < 4.78 is 0. The molecule has 0 aliphatic heterocycles. The van der Waals surface area contributed by atoms with Gasteiger partial charge in [-0.05, 0) is 36.5 Å². The number of amides is 4. The van der Waals surface area contributed by atoms with Crippen molar-refractivity contribution in [2.75, 3.05) is 6.54 Å². The highest BCUT2D eigenvalue weighted by molar-refractivity contribution is 5.92. The average Bonchev–Trinajstić information content (AvgIpc) is 2.78. The molecule has 0 aliphatic rings. The highest BCUT2D eigenvalue weighted by Crippen LogP contribution is 2.12. The first-order valence-corrected chi connectivity index (χ1v) is 10.9. The first-order chi connectivity index (χ1) is 15.9. The van der Waals surface area contributed by atoms with Crippen LogP contribution in [0.3, 0.4) is 0 Å². The van der Waals surface area contributed by atoms with Crippen LogP contribution in [0.25, 0.3) is 0 Å². The van der Waals surface area contributed by atoms with Crippen LogP contribution in [-0.4, -0.2) is 64.5 Å². The molecule has 34 heavy (non-hydrogen) atoms. The van der Waals surface area contributed by atoms with Crippen LogP contribution in [-0.2, 0) is 30.4 Å². The quantitative estimate of drug-likeness (QED) is 0.171. The van der Waals surface area contributed by atoms with Crippen molar-refractivity contribution in [1.82, 2.24) is 16.0 Å². The predicted molar refractivity (Wildman–Crippen MR) is 122 cm³/mol. The van der Waals surface area contributed by atoms with Crippen molar-refractivity contribution in [2.24, 2.45) is 17.4 Å². The van der Waals surface area contributed by atoms with Gasteiger partial charge in [-0.1, -0.05) is 32.4 Å². The molecule has 0 saturated heterocycles. The summed E-state index contributed by atoms with van der Waals surface area (Å²) in [5, 5.41) is 25.7. The minimum absolute atomic E-state index is 0.0851. The van der Waals surface area contributed by atoms with Crippen LogP contribution in [0, 0.1) is 5.92 Å². The van der Waals surface area contributed by atoms with E-state index < -0.39 is 54.3 Å². The van der Waals surface area contributed by atoms with E-state index in [2.05, 4.69) is 16.0 Å². The second-order valence-corrected chi connectivity index (χ2v) is 8.03. The van der Waals surface area contributed by atoms with Crippen molar-refractivity contribution in [3.05, 3.63) is 29.8 Å². The fourth-order valence-corrected chi connectivity index (χ4v) is 3.01. The maximum atomic E-state index is 12.7. The monoisotopic (exact) mass is 479 g/mol. The zero-order chi connectivity index (χ0) is 25.8. The van der Waals surface area contributed by atoms with Crippen molar-refractivity contribution in [3.8, 4) is 5.75 Å². The normalized spacial score (nSPS) is 14.2. The third kappa shape index (κ3) is 9.86. The van der Waals surface area contributed by atoms with Crippen molar-refractivity contribution < 1.29 is 34.2 Å². The maximum absolute atomic E-state index is 12.7. The number of phenolic OH excluding ortho intramolecular Hbond substituents is 1. The first-order valence-electron chi connectivity index (χ1n) is 10.9. The summed E-state index contributed by atoms with van der Waals surface area (Å²) >= 11 is 0. The van der Waals surface area contributed by atoms with Crippen LogP contribution < -0.4 is 27.4 Å². The number of nitrogens with two attached hydrogens (primary N) is 2. The van der Waals surface area contributed by atoms with Gasteiger partial charge in [0.15, 0.2) is 0 Å². The number of hydrogen-bond acceptors (Lipinski definition) is 7. The molecule has 4 unspecified atom stereocenters. The summed E-state index contributed by atoms with van der Waals surface area (Å²) in [5.74, 6) is -4.20. The Morgan fingerprint density at radius 2 is 1.65 bits per heavy atom. The van der Waals surface area contributed by atoms with Gasteiger partial charge >= 0.3 is 5.97 Å². The molecule has 0 aromatic heterocycles. The number of carboxylic acids is 1. The summed E-state index contributed by atoms with van der Waals surface area (Å²) in [6.45, 7) is 3.05. The van der Waals surface area contributed by atoms with Gasteiger partial charge in [0.05, 0.1) is 12.6 Å². The molecule has 0 aliphatic carbocycles. The largest absolute Gasteiger partial charge is 0.508 e. The zero-order valence-electron chi connectivity index (χ0n) is 19.2. The maximum Gasteiger partial charge on any atom is 0.326 e. The molecule has 0 radical (unpaired) electrons. The van der Waals surface area contributed by atoms with Crippen LogP contribution in [0.1, 0.15) is 38.7 Å². The summed E-state index contributed by atoms with van der Waals surface area (Å²) in [5.41, 5.74) is 11.7. The highest BCUT2D eigenvalue weighted by atomic mass is 16.4. The molecule has 4 amide bonds. The van der Waals surface area contributed by atoms with E-state index in [0.29, 0.717) is 6.42 Å². The minimum Gasteiger partial charge on any atom is -0.508 e. The standard InChI is InChI=1S/C22H33N5O7/c1-3-12(2)19(27-20(31)15(23)10-13-4-6-14(28)7-5-13)21(32)25-11-18(30)26-16(22(33)34)8-9-17(24)29/h4-7,12,15-16,19,28H,3,8-11,23H2,1-2H3,(H2,24,29)(H,25,32)(H,26,30)(H,27,31)(H,33,34). The van der Waals surface area contributed by atoms with E-state index in [9.17, 15) is 29.1 Å². The lowest BCUT2D eigenvalue weighted by molar-refractivity contribution is -0.142. The molecule has 0 saturated carbocycles. The Kier molecular flexibility index (Phi) is 11.5. The Hall–Kier alpha value is -3.67. The van der Waals surface area contributed by atoms with Gasteiger partial charge < -0.3 is 37.6 Å². The van der Waals surface area contributed by atoms with E-state index in [1.165, 1.54) is 12.1 Å². The number of hydrogen-bond donors (Lipinski definition) is 7. The number of rotatable bonds is 14. The molecule has 1 aromatic carbocycles. The Morgan fingerprint density at radius 3 is 2.18 bits per heavy atom. The SMILES string of the molecule is CCC(C)C(NC(=O)C(N)Cc1ccc(O)cc1)C(=O)NCC(=O)NC(CCC(N)=O)C(=O)O. The molecule has 1 rings (SSSR count). The molecule has 0 fully saturated rings. The molecular weight excluding hydrogens is 446 g/mol. The summed E-state index contributed by atoms with van der Waals surface area (Å²) in [4.78, 5) is 59.4. The van der Waals surface area contributed by atoms with E-state index in [1.807, 2.05) is 6.92 Å². The smallest absolute Gasteiger partial charge is 0.326 e. The third-order valence-corrected chi connectivity index (χ3v) is 5.26. The average molecular weight is 480 g/mol. The highest BCUT2D eigenvalue weighted by Gasteiger charge is 2.28. The number of aliphatic carboxylic acids is 1. The van der Waals surface area contributed by atoms with Crippen molar-refractivity contribution in [1.29, 1.82) is 0 Å². The first kappa shape index (κ1) is 28.4. The van der Waals surface area contributed by atoms with Gasteiger partial charge in [0, 0.05) is 6.42 Å². The van der Waals surface area contributed by atoms with Crippen molar-refractivity contribution in [2.45, 2.75) is 57.7 Å². The van der Waals surface area contributed by atoms with E-state index in [-0.39, 0.29) is 30.9 Å². The predicted octanol–water partition coefficient (Wildman–Crippen LogP) is -1.26. The van der Waals surface area contributed by atoms with Crippen molar-refractivity contribution in [3.63, 3.8) is 0 Å². The van der Waals surface area contributed by atoms with Gasteiger partial charge in [0.1, 0.15) is 17.8 Å². The van der Waals surface area contributed by atoms with Crippen LogP contribution in [0.5, 0.6) is 5.75 Å². The van der Waals surface area contributed by atoms with Crippen molar-refractivity contribution >= 4 is 29.6 Å². The molecule has 4 atom stereocenters. The molecule has 1 aromatic rings. The Balaban J connectivity index is 2.69. The van der Waals surface area contributed by atoms with Gasteiger partial charge in [-0.2, -0.15) is 0 Å². The lowest BCUT2D eigenvalue weighted by Crippen LogP contribution is -2.56. The molecule has 9 N–H and O–H groups in total. The second kappa shape index (κ2) is 13.8. The number of aromatic hydroxyl groups is 1. The topological polar surface area (TPSA) is 214 Å². The fourth-order valence-electron chi connectivity index (χ4n) is 3.01. The molecule has 12 heteroatoms. The summed E-state index contributed by atoms with van der Waals surface area (Å²) in [6.07, 6.45) is 0.322. The number of benzene rings is 1. The Bertz CT molecular complexity index is 875. The van der Waals surface area contributed by atoms with Gasteiger partial charge in [0.2, 0.25) is 23.6 Å². The van der Waals surface area contributed by atoms with Crippen LogP contribution >= 0.6 is 0 Å². The molecule has 0 bridgehead atoms. The number of primary amides is 1. The lowest BCUT2D eigenvalue weighted by atomic mass is 9.97. The van der Waals surface area contributed by atoms with Crippen LogP contribution in [0.15, 0.2) is 24.3 Å². The van der Waals surface area contributed by atoms with Gasteiger partial charge in [0.25, 0.3) is 0 Å². The Morgan fingerprint density at radius 1 is 1.03 bits per heavy atom. The summed E-state index contributed by atoms with van der Waals surface area (Å²) in [6, 6.07) is 2.96. The van der Waals surface area contributed by atoms with E-state index >= 15 is 0 Å². The molecule has 0 spiro atoms. The Labute approximate surface area is 197 Å². The minimum atomic E-state index is -1.34. The molecule has 188 valence electrons. The van der Waals surface area contributed by atoms with Crippen LogP contribution in [0.4, 0.5) is 0 Å². The fraction of sp³-hybridized carbons (Fsp3) is 0.500. The van der Waals surface area contributed by atoms with Gasteiger partial charge in [-0.3, -0.25) is 19.2 Å².